The Labute approximate surface area is 258 Å². The van der Waals surface area contributed by atoms with Gasteiger partial charge in [-0.25, -0.2) is 0 Å². The summed E-state index contributed by atoms with van der Waals surface area (Å²) < 4.78 is 23.7. The number of rotatable bonds is 8. The highest BCUT2D eigenvalue weighted by molar-refractivity contribution is 5.85. The molecule has 0 aromatic heterocycles. The van der Waals surface area contributed by atoms with Crippen LogP contribution in [-0.4, -0.2) is 78.4 Å². The molecular formula is C32H56N2O9. The van der Waals surface area contributed by atoms with Crippen molar-refractivity contribution in [2.75, 3.05) is 13.2 Å². The van der Waals surface area contributed by atoms with Crippen LogP contribution in [-0.2, 0) is 42.9 Å². The molecule has 1 aliphatic rings. The van der Waals surface area contributed by atoms with Gasteiger partial charge in [-0.1, -0.05) is 20.8 Å². The van der Waals surface area contributed by atoms with Gasteiger partial charge in [0, 0.05) is 5.54 Å². The van der Waals surface area contributed by atoms with E-state index in [1.165, 1.54) is 4.90 Å². The van der Waals surface area contributed by atoms with Crippen molar-refractivity contribution in [3.05, 3.63) is 0 Å². The highest BCUT2D eigenvalue weighted by atomic mass is 16.6. The number of hydrogen-bond acceptors (Lipinski definition) is 9. The number of ether oxygens (including phenoxy) is 4. The standard InChI is InChI=1S/C32H56N2O9/c1-28(2,3)22(23(36)33-32(13,14)15)34(18-35)24-21(43-27(39)31(10,11)12)19(16-41-25(37)29(4,5)6)20(17-40-24)42-26(38)30(7,8)9/h18-22,24H,16-17H2,1-15H3,(H,33,36)/t19-,20-,21+,22+,24+/m1/s1. The first-order valence-corrected chi connectivity index (χ1v) is 14.9. The maximum Gasteiger partial charge on any atom is 0.311 e. The second-order valence-electron chi connectivity index (χ2n) is 16.6. The number of nitrogens with one attached hydrogen (secondary N) is 1. The Morgan fingerprint density at radius 2 is 1.26 bits per heavy atom. The summed E-state index contributed by atoms with van der Waals surface area (Å²) in [6.45, 7) is 25.6. The molecule has 1 saturated heterocycles. The van der Waals surface area contributed by atoms with Gasteiger partial charge in [-0.3, -0.25) is 24.0 Å². The van der Waals surface area contributed by atoms with Crippen LogP contribution in [0.15, 0.2) is 0 Å². The number of carbonyl (C=O) groups excluding carboxylic acids is 5. The summed E-state index contributed by atoms with van der Waals surface area (Å²) in [6.07, 6.45) is -3.01. The van der Waals surface area contributed by atoms with E-state index in [2.05, 4.69) is 5.32 Å². The zero-order valence-electron chi connectivity index (χ0n) is 29.0. The Morgan fingerprint density at radius 1 is 0.791 bits per heavy atom. The van der Waals surface area contributed by atoms with E-state index in [-0.39, 0.29) is 13.2 Å². The summed E-state index contributed by atoms with van der Waals surface area (Å²) in [7, 11) is 0. The second kappa shape index (κ2) is 13.5. The van der Waals surface area contributed by atoms with Gasteiger partial charge in [0.15, 0.2) is 12.3 Å². The lowest BCUT2D eigenvalue weighted by Crippen LogP contribution is -2.66. The number of carbonyl (C=O) groups is 5. The third-order valence-electron chi connectivity index (χ3n) is 6.64. The zero-order valence-corrected chi connectivity index (χ0v) is 29.0. The lowest BCUT2D eigenvalue weighted by Gasteiger charge is -2.49. The van der Waals surface area contributed by atoms with E-state index in [9.17, 15) is 24.0 Å². The lowest BCUT2D eigenvalue weighted by atomic mass is 9.83. The highest BCUT2D eigenvalue weighted by Crippen LogP contribution is 2.36. The van der Waals surface area contributed by atoms with Crippen LogP contribution in [0.2, 0.25) is 0 Å². The van der Waals surface area contributed by atoms with Crippen LogP contribution in [0.3, 0.4) is 0 Å². The summed E-state index contributed by atoms with van der Waals surface area (Å²) in [5, 5.41) is 2.94. The fourth-order valence-corrected chi connectivity index (χ4v) is 4.24. The van der Waals surface area contributed by atoms with Gasteiger partial charge in [-0.2, -0.15) is 0 Å². The molecule has 0 unspecified atom stereocenters. The predicted octanol–water partition coefficient (Wildman–Crippen LogP) is 4.25. The topological polar surface area (TPSA) is 138 Å². The van der Waals surface area contributed by atoms with Crippen molar-refractivity contribution in [3.8, 4) is 0 Å². The van der Waals surface area contributed by atoms with Crippen LogP contribution in [0, 0.1) is 27.6 Å². The Kier molecular flexibility index (Phi) is 12.1. The smallest absolute Gasteiger partial charge is 0.311 e. The number of hydrogen-bond donors (Lipinski definition) is 1. The molecule has 1 rings (SSSR count). The average molecular weight is 613 g/mol. The van der Waals surface area contributed by atoms with E-state index in [0.717, 1.165) is 0 Å². The molecule has 1 heterocycles. The van der Waals surface area contributed by atoms with Gasteiger partial charge in [0.05, 0.1) is 28.8 Å². The van der Waals surface area contributed by atoms with E-state index in [4.69, 9.17) is 18.9 Å². The van der Waals surface area contributed by atoms with Gasteiger partial charge in [-0.05, 0) is 88.5 Å². The molecule has 0 radical (unpaired) electrons. The first-order valence-electron chi connectivity index (χ1n) is 14.9. The summed E-state index contributed by atoms with van der Waals surface area (Å²) in [5.74, 6) is -3.00. The van der Waals surface area contributed by atoms with Gasteiger partial charge in [0.1, 0.15) is 18.8 Å². The molecule has 0 aliphatic carbocycles. The molecule has 0 spiro atoms. The lowest BCUT2D eigenvalue weighted by molar-refractivity contribution is -0.244. The molecular weight excluding hydrogens is 556 g/mol. The molecule has 0 aromatic rings. The number of amides is 2. The molecule has 11 nitrogen and oxygen atoms in total. The maximum atomic E-state index is 13.7. The average Bonchev–Trinajstić information content (AvgIpc) is 2.78. The zero-order chi connectivity index (χ0) is 33.9. The van der Waals surface area contributed by atoms with Crippen LogP contribution < -0.4 is 5.32 Å². The van der Waals surface area contributed by atoms with Crippen molar-refractivity contribution in [1.82, 2.24) is 10.2 Å². The highest BCUT2D eigenvalue weighted by Gasteiger charge is 2.52. The second-order valence-corrected chi connectivity index (χ2v) is 16.6. The Hall–Kier alpha value is -2.69. The summed E-state index contributed by atoms with van der Waals surface area (Å²) in [6, 6.07) is -1.04. The fraction of sp³-hybridized carbons (Fsp3) is 0.844. The molecule has 43 heavy (non-hydrogen) atoms. The predicted molar refractivity (Wildman–Crippen MR) is 161 cm³/mol. The molecule has 11 heteroatoms. The Balaban J connectivity index is 3.79. The van der Waals surface area contributed by atoms with Gasteiger partial charge >= 0.3 is 17.9 Å². The summed E-state index contributed by atoms with van der Waals surface area (Å²) >= 11 is 0. The largest absolute Gasteiger partial charge is 0.465 e. The SMILES string of the molecule is CC(C)(C)NC(=O)[C@H](N(C=O)[C@H]1OC[C@@H](OC(=O)C(C)(C)C)[C@@H](COC(=O)C(C)(C)C)[C@@H]1OC(=O)C(C)(C)C)C(C)(C)C. The quantitative estimate of drug-likeness (QED) is 0.242. The monoisotopic (exact) mass is 612 g/mol. The van der Waals surface area contributed by atoms with Crippen molar-refractivity contribution in [3.63, 3.8) is 0 Å². The van der Waals surface area contributed by atoms with Crippen molar-refractivity contribution in [2.24, 2.45) is 27.6 Å². The van der Waals surface area contributed by atoms with Crippen molar-refractivity contribution < 1.29 is 42.9 Å². The first kappa shape index (κ1) is 38.3. The van der Waals surface area contributed by atoms with Crippen LogP contribution in [0.1, 0.15) is 104 Å². The van der Waals surface area contributed by atoms with E-state index in [1.54, 1.807) is 62.3 Å². The van der Waals surface area contributed by atoms with E-state index in [1.807, 2.05) is 41.5 Å². The molecule has 0 bridgehead atoms. The van der Waals surface area contributed by atoms with Crippen LogP contribution in [0.5, 0.6) is 0 Å². The van der Waals surface area contributed by atoms with Crippen molar-refractivity contribution >= 4 is 30.2 Å². The van der Waals surface area contributed by atoms with Gasteiger partial charge < -0.3 is 29.2 Å². The summed E-state index contributed by atoms with van der Waals surface area (Å²) in [4.78, 5) is 66.8. The first-order chi connectivity index (χ1) is 19.1. The minimum absolute atomic E-state index is 0.199. The maximum absolute atomic E-state index is 13.7. The summed E-state index contributed by atoms with van der Waals surface area (Å²) in [5.41, 5.74) is -4.03. The van der Waals surface area contributed by atoms with E-state index >= 15 is 0 Å². The molecule has 2 amide bonds. The van der Waals surface area contributed by atoms with Crippen LogP contribution in [0.25, 0.3) is 0 Å². The van der Waals surface area contributed by atoms with E-state index < -0.39 is 81.4 Å². The Morgan fingerprint density at radius 3 is 1.65 bits per heavy atom. The fourth-order valence-electron chi connectivity index (χ4n) is 4.24. The molecule has 0 saturated carbocycles. The molecule has 1 N–H and O–H groups in total. The number of nitrogens with zero attached hydrogens (tertiary/aromatic N) is 1. The van der Waals surface area contributed by atoms with E-state index in [0.29, 0.717) is 6.41 Å². The molecule has 1 fully saturated rings. The normalized spacial score (nSPS) is 22.6. The molecule has 5 atom stereocenters. The van der Waals surface area contributed by atoms with Gasteiger partial charge in [-0.15, -0.1) is 0 Å². The van der Waals surface area contributed by atoms with Gasteiger partial charge in [0.25, 0.3) is 0 Å². The molecule has 1 aliphatic heterocycles. The molecule has 248 valence electrons. The minimum atomic E-state index is -1.26. The van der Waals surface area contributed by atoms with Crippen molar-refractivity contribution in [1.29, 1.82) is 0 Å². The molecule has 0 aromatic carbocycles. The third-order valence-corrected chi connectivity index (χ3v) is 6.64. The van der Waals surface area contributed by atoms with Crippen LogP contribution >= 0.6 is 0 Å². The number of esters is 3. The minimum Gasteiger partial charge on any atom is -0.465 e. The Bertz CT molecular complexity index is 1020. The third kappa shape index (κ3) is 11.1. The van der Waals surface area contributed by atoms with Crippen LogP contribution in [0.4, 0.5) is 0 Å². The van der Waals surface area contributed by atoms with Gasteiger partial charge in [0.2, 0.25) is 12.3 Å². The van der Waals surface area contributed by atoms with Crippen molar-refractivity contribution in [2.45, 2.75) is 134 Å².